The summed E-state index contributed by atoms with van der Waals surface area (Å²) >= 11 is 0. The topological polar surface area (TPSA) is 85.8 Å². The molecule has 2 rings (SSSR count). The zero-order chi connectivity index (χ0) is 20.2. The van der Waals surface area contributed by atoms with Crippen molar-refractivity contribution in [3.8, 4) is 0 Å². The summed E-state index contributed by atoms with van der Waals surface area (Å²) in [4.78, 5) is 7.33. The van der Waals surface area contributed by atoms with Crippen LogP contribution in [-0.4, -0.2) is 64.3 Å². The van der Waals surface area contributed by atoms with Gasteiger partial charge in [-0.15, -0.1) is 0 Å². The standard InChI is InChI=1S/C20H35N5O2S/c1-3-21-20(22-13-10-14-24-28(26,27)4-2)23-17-19(25-15-8-9-16-25)18-11-6-5-7-12-18/h5-7,11-12,19,24H,3-4,8-10,13-17H2,1-2H3,(H2,21,22,23). The maximum absolute atomic E-state index is 11.5. The molecule has 8 heteroatoms. The van der Waals surface area contributed by atoms with Gasteiger partial charge in [-0.2, -0.15) is 0 Å². The Morgan fingerprint density at radius 3 is 2.46 bits per heavy atom. The summed E-state index contributed by atoms with van der Waals surface area (Å²) in [7, 11) is -3.12. The Hall–Kier alpha value is -1.64. The molecule has 0 radical (unpaired) electrons. The fourth-order valence-corrected chi connectivity index (χ4v) is 3.96. The summed E-state index contributed by atoms with van der Waals surface area (Å²) in [6.45, 7) is 8.51. The second kappa shape index (κ2) is 12.0. The van der Waals surface area contributed by atoms with Crippen molar-refractivity contribution in [1.29, 1.82) is 0 Å². The number of hydrogen-bond acceptors (Lipinski definition) is 4. The van der Waals surface area contributed by atoms with E-state index in [2.05, 4.69) is 44.5 Å². The van der Waals surface area contributed by atoms with Gasteiger partial charge in [-0.25, -0.2) is 13.1 Å². The number of hydrogen-bond donors (Lipinski definition) is 3. The van der Waals surface area contributed by atoms with Gasteiger partial charge in [0.2, 0.25) is 10.0 Å². The normalized spacial score (nSPS) is 16.9. The third-order valence-electron chi connectivity index (χ3n) is 4.88. The minimum atomic E-state index is -3.12. The van der Waals surface area contributed by atoms with Gasteiger partial charge in [0.1, 0.15) is 0 Å². The molecule has 158 valence electrons. The maximum atomic E-state index is 11.5. The van der Waals surface area contributed by atoms with E-state index >= 15 is 0 Å². The molecule has 1 heterocycles. The third kappa shape index (κ3) is 7.77. The molecular formula is C20H35N5O2S. The highest BCUT2D eigenvalue weighted by Crippen LogP contribution is 2.25. The lowest BCUT2D eigenvalue weighted by molar-refractivity contribution is 0.251. The van der Waals surface area contributed by atoms with Crippen molar-refractivity contribution >= 4 is 16.0 Å². The summed E-state index contributed by atoms with van der Waals surface area (Å²) < 4.78 is 25.5. The van der Waals surface area contributed by atoms with Crippen LogP contribution in [0.1, 0.15) is 44.7 Å². The van der Waals surface area contributed by atoms with Gasteiger partial charge in [-0.1, -0.05) is 30.3 Å². The maximum Gasteiger partial charge on any atom is 0.211 e. The van der Waals surface area contributed by atoms with Crippen LogP contribution in [0.15, 0.2) is 35.3 Å². The van der Waals surface area contributed by atoms with E-state index in [1.807, 2.05) is 13.0 Å². The number of likely N-dealkylation sites (tertiary alicyclic amines) is 1. The van der Waals surface area contributed by atoms with Crippen LogP contribution in [0.5, 0.6) is 0 Å². The van der Waals surface area contributed by atoms with E-state index in [-0.39, 0.29) is 11.8 Å². The lowest BCUT2D eigenvalue weighted by atomic mass is 10.1. The molecule has 0 saturated carbocycles. The molecule has 1 aromatic rings. The zero-order valence-electron chi connectivity index (χ0n) is 17.2. The number of aliphatic imine (C=N–C) groups is 1. The van der Waals surface area contributed by atoms with E-state index < -0.39 is 10.0 Å². The Morgan fingerprint density at radius 1 is 1.11 bits per heavy atom. The van der Waals surface area contributed by atoms with Crippen LogP contribution in [0.25, 0.3) is 0 Å². The number of nitrogens with one attached hydrogen (secondary N) is 3. The van der Waals surface area contributed by atoms with E-state index in [1.165, 1.54) is 18.4 Å². The first-order chi connectivity index (χ1) is 13.6. The van der Waals surface area contributed by atoms with E-state index in [4.69, 9.17) is 4.99 Å². The van der Waals surface area contributed by atoms with Gasteiger partial charge >= 0.3 is 0 Å². The van der Waals surface area contributed by atoms with E-state index in [9.17, 15) is 8.42 Å². The van der Waals surface area contributed by atoms with Crippen molar-refractivity contribution in [3.05, 3.63) is 35.9 Å². The zero-order valence-corrected chi connectivity index (χ0v) is 18.0. The van der Waals surface area contributed by atoms with E-state index in [1.54, 1.807) is 6.92 Å². The van der Waals surface area contributed by atoms with Crippen molar-refractivity contribution in [2.45, 2.75) is 39.2 Å². The van der Waals surface area contributed by atoms with E-state index in [0.717, 1.165) is 25.6 Å². The summed E-state index contributed by atoms with van der Waals surface area (Å²) in [5.41, 5.74) is 1.30. The highest BCUT2D eigenvalue weighted by Gasteiger charge is 2.23. The predicted molar refractivity (Wildman–Crippen MR) is 116 cm³/mol. The molecule has 1 fully saturated rings. The first-order valence-corrected chi connectivity index (χ1v) is 12.0. The van der Waals surface area contributed by atoms with Gasteiger partial charge in [-0.05, 0) is 51.8 Å². The Kier molecular flexibility index (Phi) is 9.73. The monoisotopic (exact) mass is 409 g/mol. The third-order valence-corrected chi connectivity index (χ3v) is 6.28. The van der Waals surface area contributed by atoms with Gasteiger partial charge in [0.05, 0.1) is 18.3 Å². The minimum absolute atomic E-state index is 0.113. The Labute approximate surface area is 170 Å². The van der Waals surface area contributed by atoms with Gasteiger partial charge in [0.15, 0.2) is 5.96 Å². The number of guanidine groups is 1. The average molecular weight is 410 g/mol. The fraction of sp³-hybridized carbons (Fsp3) is 0.650. The molecule has 1 saturated heterocycles. The molecule has 0 amide bonds. The van der Waals surface area contributed by atoms with Crippen LogP contribution < -0.4 is 15.4 Å². The lowest BCUT2D eigenvalue weighted by Gasteiger charge is -2.27. The summed E-state index contributed by atoms with van der Waals surface area (Å²) in [5, 5.41) is 6.59. The van der Waals surface area contributed by atoms with Crippen molar-refractivity contribution in [1.82, 2.24) is 20.3 Å². The number of benzene rings is 1. The van der Waals surface area contributed by atoms with Crippen molar-refractivity contribution in [3.63, 3.8) is 0 Å². The fourth-order valence-electron chi connectivity index (χ4n) is 3.30. The van der Waals surface area contributed by atoms with Crippen LogP contribution in [0.2, 0.25) is 0 Å². The van der Waals surface area contributed by atoms with E-state index in [0.29, 0.717) is 26.1 Å². The first-order valence-electron chi connectivity index (χ1n) is 10.3. The van der Waals surface area contributed by atoms with Crippen LogP contribution in [0.3, 0.4) is 0 Å². The molecule has 28 heavy (non-hydrogen) atoms. The van der Waals surface area contributed by atoms with Crippen molar-refractivity contribution < 1.29 is 8.42 Å². The van der Waals surface area contributed by atoms with Crippen LogP contribution >= 0.6 is 0 Å². The SMILES string of the molecule is CCNC(=NCC(c1ccccc1)N1CCCC1)NCCCNS(=O)(=O)CC. The number of rotatable bonds is 11. The largest absolute Gasteiger partial charge is 0.357 e. The molecule has 1 unspecified atom stereocenters. The molecular weight excluding hydrogens is 374 g/mol. The van der Waals surface area contributed by atoms with Crippen molar-refractivity contribution in [2.75, 3.05) is 45.0 Å². The summed E-state index contributed by atoms with van der Waals surface area (Å²) in [6.07, 6.45) is 3.20. The molecule has 1 aliphatic rings. The molecule has 1 aliphatic heterocycles. The molecule has 1 atom stereocenters. The predicted octanol–water partition coefficient (Wildman–Crippen LogP) is 1.71. The quantitative estimate of drug-likeness (QED) is 0.294. The van der Waals surface area contributed by atoms with Gasteiger partial charge < -0.3 is 10.6 Å². The van der Waals surface area contributed by atoms with Gasteiger partial charge in [0.25, 0.3) is 0 Å². The van der Waals surface area contributed by atoms with Crippen LogP contribution in [0.4, 0.5) is 0 Å². The molecule has 0 spiro atoms. The Balaban J connectivity index is 1.91. The smallest absolute Gasteiger partial charge is 0.211 e. The lowest BCUT2D eigenvalue weighted by Crippen LogP contribution is -2.39. The molecule has 7 nitrogen and oxygen atoms in total. The minimum Gasteiger partial charge on any atom is -0.357 e. The summed E-state index contributed by atoms with van der Waals surface area (Å²) in [6, 6.07) is 10.9. The molecule has 1 aromatic carbocycles. The van der Waals surface area contributed by atoms with Crippen molar-refractivity contribution in [2.24, 2.45) is 4.99 Å². The number of nitrogens with zero attached hydrogens (tertiary/aromatic N) is 2. The second-order valence-electron chi connectivity index (χ2n) is 6.97. The first kappa shape index (κ1) is 22.6. The van der Waals surface area contributed by atoms with Gasteiger partial charge in [-0.3, -0.25) is 9.89 Å². The average Bonchev–Trinajstić information content (AvgIpc) is 3.23. The van der Waals surface area contributed by atoms with Crippen LogP contribution in [0, 0.1) is 0 Å². The second-order valence-corrected chi connectivity index (χ2v) is 9.06. The summed E-state index contributed by atoms with van der Waals surface area (Å²) in [5.74, 6) is 0.892. The molecule has 3 N–H and O–H groups in total. The number of sulfonamides is 1. The van der Waals surface area contributed by atoms with Gasteiger partial charge in [0, 0.05) is 19.6 Å². The Morgan fingerprint density at radius 2 is 1.82 bits per heavy atom. The Bertz CT molecular complexity index is 688. The molecule has 0 bridgehead atoms. The van der Waals surface area contributed by atoms with Crippen LogP contribution in [-0.2, 0) is 10.0 Å². The molecule has 0 aliphatic carbocycles. The highest BCUT2D eigenvalue weighted by molar-refractivity contribution is 7.89. The molecule has 0 aromatic heterocycles. The highest BCUT2D eigenvalue weighted by atomic mass is 32.2.